The number of rotatable bonds is 2. The molecule has 0 fully saturated rings. The van der Waals surface area contributed by atoms with Gasteiger partial charge in [-0.3, -0.25) is 0 Å². The lowest BCUT2D eigenvalue weighted by Gasteiger charge is -2.14. The maximum absolute atomic E-state index is 13.1. The third kappa shape index (κ3) is 2.36. The third-order valence-electron chi connectivity index (χ3n) is 2.86. The van der Waals surface area contributed by atoms with Gasteiger partial charge in [-0.25, -0.2) is 14.4 Å². The number of hydrogen-bond donors (Lipinski definition) is 0. The van der Waals surface area contributed by atoms with Gasteiger partial charge in [0, 0.05) is 11.1 Å². The molecular weight excluding hydrogens is 251 g/mol. The highest BCUT2D eigenvalue weighted by Gasteiger charge is 2.16. The maximum Gasteiger partial charge on any atom is 0.136 e. The molecule has 2 rings (SSSR count). The Kier molecular flexibility index (Phi) is 3.62. The second kappa shape index (κ2) is 5.02. The van der Waals surface area contributed by atoms with E-state index in [1.807, 2.05) is 20.8 Å². The van der Waals surface area contributed by atoms with Crippen molar-refractivity contribution >= 4 is 11.6 Å². The first-order chi connectivity index (χ1) is 8.50. The van der Waals surface area contributed by atoms with E-state index >= 15 is 0 Å². The molecule has 2 aromatic rings. The molecule has 18 heavy (non-hydrogen) atoms. The molecule has 0 bridgehead atoms. The Labute approximate surface area is 111 Å². The number of halogens is 2. The summed E-state index contributed by atoms with van der Waals surface area (Å²) in [5.41, 5.74) is 3.41. The van der Waals surface area contributed by atoms with Gasteiger partial charge in [-0.15, -0.1) is 0 Å². The summed E-state index contributed by atoms with van der Waals surface area (Å²) in [6.07, 6.45) is 1.44. The molecule has 1 heterocycles. The van der Waals surface area contributed by atoms with Crippen LogP contribution in [0.1, 0.15) is 30.9 Å². The summed E-state index contributed by atoms with van der Waals surface area (Å²) in [4.78, 5) is 8.32. The normalized spacial score (nSPS) is 11.0. The first-order valence-electron chi connectivity index (χ1n) is 5.77. The summed E-state index contributed by atoms with van der Waals surface area (Å²) >= 11 is 6.13. The fraction of sp³-hybridized carbons (Fsp3) is 0.286. The SMILES string of the molecule is Cc1cc(F)ccc1-c1ncnc(Cl)c1C(C)C. The minimum atomic E-state index is -0.248. The summed E-state index contributed by atoms with van der Waals surface area (Å²) in [6.45, 7) is 5.93. The van der Waals surface area contributed by atoms with Crippen molar-refractivity contribution in [2.75, 3.05) is 0 Å². The van der Waals surface area contributed by atoms with Crippen LogP contribution in [0.25, 0.3) is 11.3 Å². The van der Waals surface area contributed by atoms with Crippen molar-refractivity contribution in [3.63, 3.8) is 0 Å². The lowest BCUT2D eigenvalue weighted by atomic mass is 9.96. The predicted molar refractivity (Wildman–Crippen MR) is 71.3 cm³/mol. The smallest absolute Gasteiger partial charge is 0.136 e. The van der Waals surface area contributed by atoms with Crippen LogP contribution in [0.4, 0.5) is 4.39 Å². The van der Waals surface area contributed by atoms with Gasteiger partial charge in [-0.2, -0.15) is 0 Å². The molecule has 0 unspecified atom stereocenters. The van der Waals surface area contributed by atoms with Gasteiger partial charge in [0.2, 0.25) is 0 Å². The summed E-state index contributed by atoms with van der Waals surface area (Å²) in [5.74, 6) is -0.0411. The van der Waals surface area contributed by atoms with Crippen molar-refractivity contribution in [1.82, 2.24) is 9.97 Å². The van der Waals surface area contributed by atoms with Gasteiger partial charge in [-0.05, 0) is 36.6 Å². The van der Waals surface area contributed by atoms with Crippen molar-refractivity contribution < 1.29 is 4.39 Å². The third-order valence-corrected chi connectivity index (χ3v) is 3.16. The number of aryl methyl sites for hydroxylation is 1. The minimum Gasteiger partial charge on any atom is -0.236 e. The summed E-state index contributed by atoms with van der Waals surface area (Å²) in [6, 6.07) is 4.66. The van der Waals surface area contributed by atoms with E-state index in [9.17, 15) is 4.39 Å². The van der Waals surface area contributed by atoms with Crippen LogP contribution in [0, 0.1) is 12.7 Å². The Bertz CT molecular complexity index is 582. The molecular formula is C14H14ClFN2. The molecule has 0 saturated heterocycles. The quantitative estimate of drug-likeness (QED) is 0.753. The van der Waals surface area contributed by atoms with Crippen molar-refractivity contribution in [3.05, 3.63) is 46.6 Å². The Hall–Kier alpha value is -1.48. The Morgan fingerprint density at radius 2 is 1.94 bits per heavy atom. The van der Waals surface area contributed by atoms with Crippen molar-refractivity contribution in [2.45, 2.75) is 26.7 Å². The van der Waals surface area contributed by atoms with E-state index in [1.54, 1.807) is 6.07 Å². The summed E-state index contributed by atoms with van der Waals surface area (Å²) < 4.78 is 13.1. The average Bonchev–Trinajstić information content (AvgIpc) is 2.28. The topological polar surface area (TPSA) is 25.8 Å². The number of benzene rings is 1. The second-order valence-electron chi connectivity index (χ2n) is 4.54. The molecule has 0 spiro atoms. The molecule has 0 aliphatic rings. The zero-order chi connectivity index (χ0) is 13.3. The number of aromatic nitrogens is 2. The van der Waals surface area contributed by atoms with Crippen LogP contribution < -0.4 is 0 Å². The molecule has 0 aliphatic heterocycles. The highest BCUT2D eigenvalue weighted by molar-refractivity contribution is 6.30. The fourth-order valence-electron chi connectivity index (χ4n) is 1.99. The Morgan fingerprint density at radius 1 is 1.22 bits per heavy atom. The molecule has 0 aliphatic carbocycles. The van der Waals surface area contributed by atoms with Crippen LogP contribution in [0.2, 0.25) is 5.15 Å². The van der Waals surface area contributed by atoms with Crippen molar-refractivity contribution in [3.8, 4) is 11.3 Å². The van der Waals surface area contributed by atoms with Crippen molar-refractivity contribution in [1.29, 1.82) is 0 Å². The lowest BCUT2D eigenvalue weighted by molar-refractivity contribution is 0.627. The van der Waals surface area contributed by atoms with E-state index in [-0.39, 0.29) is 11.7 Å². The zero-order valence-corrected chi connectivity index (χ0v) is 11.3. The largest absolute Gasteiger partial charge is 0.236 e. The molecule has 4 heteroatoms. The van der Waals surface area contributed by atoms with E-state index < -0.39 is 0 Å². The highest BCUT2D eigenvalue weighted by atomic mass is 35.5. The van der Waals surface area contributed by atoms with Gasteiger partial charge in [0.05, 0.1) is 5.69 Å². The number of hydrogen-bond acceptors (Lipinski definition) is 2. The van der Waals surface area contributed by atoms with E-state index in [4.69, 9.17) is 11.6 Å². The van der Waals surface area contributed by atoms with Crippen LogP contribution >= 0.6 is 11.6 Å². The predicted octanol–water partition coefficient (Wildman–Crippen LogP) is 4.37. The van der Waals surface area contributed by atoms with E-state index in [0.29, 0.717) is 5.15 Å². The van der Waals surface area contributed by atoms with Crippen LogP contribution in [0.3, 0.4) is 0 Å². The van der Waals surface area contributed by atoms with E-state index in [1.165, 1.54) is 18.5 Å². The fourth-order valence-corrected chi connectivity index (χ4v) is 2.34. The molecule has 94 valence electrons. The monoisotopic (exact) mass is 264 g/mol. The summed E-state index contributed by atoms with van der Waals surface area (Å²) in [7, 11) is 0. The zero-order valence-electron chi connectivity index (χ0n) is 10.5. The highest BCUT2D eigenvalue weighted by Crippen LogP contribution is 2.33. The van der Waals surface area contributed by atoms with Gasteiger partial charge in [0.15, 0.2) is 0 Å². The van der Waals surface area contributed by atoms with Gasteiger partial charge >= 0.3 is 0 Å². The van der Waals surface area contributed by atoms with Gasteiger partial charge < -0.3 is 0 Å². The molecule has 0 amide bonds. The maximum atomic E-state index is 13.1. The number of nitrogens with zero attached hydrogens (tertiary/aromatic N) is 2. The van der Waals surface area contributed by atoms with Crippen LogP contribution in [0.5, 0.6) is 0 Å². The molecule has 0 atom stereocenters. The minimum absolute atomic E-state index is 0.207. The molecule has 1 aromatic heterocycles. The first-order valence-corrected chi connectivity index (χ1v) is 6.15. The Balaban J connectivity index is 2.67. The molecule has 0 N–H and O–H groups in total. The van der Waals surface area contributed by atoms with E-state index in [0.717, 1.165) is 22.4 Å². The van der Waals surface area contributed by atoms with E-state index in [2.05, 4.69) is 9.97 Å². The lowest BCUT2D eigenvalue weighted by Crippen LogP contribution is -2.00. The van der Waals surface area contributed by atoms with Gasteiger partial charge in [0.25, 0.3) is 0 Å². The van der Waals surface area contributed by atoms with Gasteiger partial charge in [-0.1, -0.05) is 25.4 Å². The van der Waals surface area contributed by atoms with Crippen LogP contribution in [-0.4, -0.2) is 9.97 Å². The average molecular weight is 265 g/mol. The molecule has 2 nitrogen and oxygen atoms in total. The van der Waals surface area contributed by atoms with Crippen LogP contribution in [-0.2, 0) is 0 Å². The summed E-state index contributed by atoms with van der Waals surface area (Å²) in [5, 5.41) is 0.457. The molecule has 0 saturated carbocycles. The second-order valence-corrected chi connectivity index (χ2v) is 4.90. The Morgan fingerprint density at radius 3 is 2.56 bits per heavy atom. The first kappa shape index (κ1) is 13.0. The molecule has 0 radical (unpaired) electrons. The molecule has 1 aromatic carbocycles. The van der Waals surface area contributed by atoms with Crippen LogP contribution in [0.15, 0.2) is 24.5 Å². The standard InChI is InChI=1S/C14H14ClFN2/c1-8(2)12-13(17-7-18-14(12)15)11-5-4-10(16)6-9(11)3/h4-8H,1-3H3. The van der Waals surface area contributed by atoms with Gasteiger partial charge in [0.1, 0.15) is 17.3 Å². The van der Waals surface area contributed by atoms with Crippen molar-refractivity contribution in [2.24, 2.45) is 0 Å².